The molecule has 1 saturated carbocycles. The van der Waals surface area contributed by atoms with Crippen LogP contribution in [0, 0.1) is 5.92 Å². The fourth-order valence-electron chi connectivity index (χ4n) is 3.85. The van der Waals surface area contributed by atoms with Gasteiger partial charge in [0.05, 0.1) is 5.54 Å². The number of rotatable bonds is 9. The number of amides is 1. The van der Waals surface area contributed by atoms with Gasteiger partial charge < -0.3 is 20.0 Å². The number of benzene rings is 1. The Kier molecular flexibility index (Phi) is 6.58. The second-order valence-electron chi connectivity index (χ2n) is 8.66. The lowest BCUT2D eigenvalue weighted by Crippen LogP contribution is -2.55. The van der Waals surface area contributed by atoms with Gasteiger partial charge in [-0.05, 0) is 79.0 Å². The van der Waals surface area contributed by atoms with Gasteiger partial charge in [-0.25, -0.2) is 8.78 Å². The molecule has 3 rings (SSSR count). The third-order valence-corrected chi connectivity index (χ3v) is 5.17. The van der Waals surface area contributed by atoms with Crippen molar-refractivity contribution in [3.63, 3.8) is 0 Å². The number of hydrogen-bond donors (Lipinski definition) is 1. The lowest BCUT2D eigenvalue weighted by molar-refractivity contribution is -0.253. The van der Waals surface area contributed by atoms with Gasteiger partial charge in [-0.1, -0.05) is 19.9 Å². The Morgan fingerprint density at radius 2 is 1.97 bits per heavy atom. The number of carbonyl (C=O) groups is 1. The highest BCUT2D eigenvalue weighted by Crippen LogP contribution is 2.46. The predicted molar refractivity (Wildman–Crippen MR) is 108 cm³/mol. The van der Waals surface area contributed by atoms with Crippen LogP contribution in [0.15, 0.2) is 36.5 Å². The Morgan fingerprint density at radius 3 is 2.57 bits per heavy atom. The Balaban J connectivity index is 1.84. The first kappa shape index (κ1) is 22.0. The minimum atomic E-state index is -2.62. The largest absolute Gasteiger partial charge is 0.530 e. The summed E-state index contributed by atoms with van der Waals surface area (Å²) in [5, 5.41) is 13.6. The zero-order valence-electron chi connectivity index (χ0n) is 17.5. The topological polar surface area (TPSA) is 74.3 Å². The second-order valence-corrected chi connectivity index (χ2v) is 8.66. The highest BCUT2D eigenvalue weighted by molar-refractivity contribution is 5.66. The molecule has 1 N–H and O–H groups in total. The van der Waals surface area contributed by atoms with Crippen LogP contribution < -0.4 is 15.2 Å². The SMILES string of the molecule is CC(C)CC(C)(COc1ccc(-c2ccnc(C(F)F)c2)cc1C1CC1)NC(=O)[O-]. The van der Waals surface area contributed by atoms with Gasteiger partial charge in [0, 0.05) is 6.20 Å². The molecule has 0 aliphatic heterocycles. The molecule has 0 radical (unpaired) electrons. The summed E-state index contributed by atoms with van der Waals surface area (Å²) in [4.78, 5) is 14.9. The van der Waals surface area contributed by atoms with E-state index in [1.807, 2.05) is 32.0 Å². The summed E-state index contributed by atoms with van der Waals surface area (Å²) in [6, 6.07) is 8.75. The van der Waals surface area contributed by atoms with Crippen LogP contribution in [0.3, 0.4) is 0 Å². The van der Waals surface area contributed by atoms with E-state index in [4.69, 9.17) is 4.74 Å². The molecule has 1 aromatic heterocycles. The molecule has 1 fully saturated rings. The van der Waals surface area contributed by atoms with E-state index in [1.54, 1.807) is 13.0 Å². The van der Waals surface area contributed by atoms with E-state index in [9.17, 15) is 18.7 Å². The number of nitrogens with one attached hydrogen (secondary N) is 1. The standard InChI is InChI=1S/C23H28F2N2O3/c1-14(2)12-23(3,27-22(28)29)13-30-20-7-6-16(10-18(20)15-4-5-15)17-8-9-26-19(11-17)21(24)25/h6-11,14-15,21,27H,4-5,12-13H2,1-3H3,(H,28,29)/p-1. The molecule has 2 aromatic rings. The number of halogens is 2. The Hall–Kier alpha value is -2.70. The molecule has 0 saturated heterocycles. The molecule has 30 heavy (non-hydrogen) atoms. The van der Waals surface area contributed by atoms with Crippen LogP contribution in [-0.2, 0) is 0 Å². The van der Waals surface area contributed by atoms with Crippen LogP contribution in [-0.4, -0.2) is 23.2 Å². The molecular formula is C23H27F2N2O3-. The molecule has 1 aliphatic carbocycles. The van der Waals surface area contributed by atoms with Crippen molar-refractivity contribution in [2.45, 2.75) is 57.9 Å². The van der Waals surface area contributed by atoms with E-state index in [2.05, 4.69) is 10.3 Å². The molecule has 162 valence electrons. The predicted octanol–water partition coefficient (Wildman–Crippen LogP) is 4.68. The van der Waals surface area contributed by atoms with Gasteiger partial charge in [-0.15, -0.1) is 0 Å². The highest BCUT2D eigenvalue weighted by atomic mass is 19.3. The van der Waals surface area contributed by atoms with E-state index >= 15 is 0 Å². The Morgan fingerprint density at radius 1 is 1.27 bits per heavy atom. The lowest BCUT2D eigenvalue weighted by Gasteiger charge is -2.34. The van der Waals surface area contributed by atoms with Crippen molar-refractivity contribution in [1.29, 1.82) is 0 Å². The number of nitrogens with zero attached hydrogens (tertiary/aromatic N) is 1. The molecule has 5 nitrogen and oxygen atoms in total. The van der Waals surface area contributed by atoms with E-state index < -0.39 is 18.1 Å². The van der Waals surface area contributed by atoms with Crippen LogP contribution in [0.25, 0.3) is 11.1 Å². The van der Waals surface area contributed by atoms with Gasteiger partial charge in [0.25, 0.3) is 6.43 Å². The molecule has 1 aromatic carbocycles. The van der Waals surface area contributed by atoms with Crippen LogP contribution >= 0.6 is 0 Å². The molecule has 1 aliphatic rings. The molecule has 0 spiro atoms. The number of pyridine rings is 1. The first-order valence-corrected chi connectivity index (χ1v) is 10.2. The number of alkyl halides is 2. The van der Waals surface area contributed by atoms with Gasteiger partial charge >= 0.3 is 0 Å². The Labute approximate surface area is 175 Å². The van der Waals surface area contributed by atoms with Gasteiger partial charge in [0.2, 0.25) is 0 Å². The summed E-state index contributed by atoms with van der Waals surface area (Å²) >= 11 is 0. The second kappa shape index (κ2) is 8.98. The maximum Gasteiger partial charge on any atom is 0.280 e. The average molecular weight is 417 g/mol. The van der Waals surface area contributed by atoms with Crippen LogP contribution in [0.4, 0.5) is 13.6 Å². The van der Waals surface area contributed by atoms with Crippen molar-refractivity contribution in [1.82, 2.24) is 10.3 Å². The van der Waals surface area contributed by atoms with Crippen molar-refractivity contribution in [2.24, 2.45) is 5.92 Å². The fourth-order valence-corrected chi connectivity index (χ4v) is 3.85. The summed E-state index contributed by atoms with van der Waals surface area (Å²) in [7, 11) is 0. The van der Waals surface area contributed by atoms with Gasteiger partial charge in [0.15, 0.2) is 0 Å². The summed E-state index contributed by atoms with van der Waals surface area (Å²) in [5.74, 6) is 1.33. The summed E-state index contributed by atoms with van der Waals surface area (Å²) in [6.07, 6.45) is 0.127. The first-order valence-electron chi connectivity index (χ1n) is 10.2. The van der Waals surface area contributed by atoms with Crippen LogP contribution in [0.1, 0.15) is 63.6 Å². The molecular weight excluding hydrogens is 390 g/mol. The van der Waals surface area contributed by atoms with E-state index in [0.29, 0.717) is 23.7 Å². The van der Waals surface area contributed by atoms with Gasteiger partial charge in [0.1, 0.15) is 24.1 Å². The van der Waals surface area contributed by atoms with E-state index in [1.165, 1.54) is 12.3 Å². The maximum absolute atomic E-state index is 13.0. The van der Waals surface area contributed by atoms with Crippen LogP contribution in [0.2, 0.25) is 0 Å². The van der Waals surface area contributed by atoms with Crippen molar-refractivity contribution in [3.8, 4) is 16.9 Å². The molecule has 1 unspecified atom stereocenters. The van der Waals surface area contributed by atoms with Crippen molar-refractivity contribution >= 4 is 6.09 Å². The molecule has 0 bridgehead atoms. The van der Waals surface area contributed by atoms with Crippen LogP contribution in [0.5, 0.6) is 5.75 Å². The van der Waals surface area contributed by atoms with Crippen molar-refractivity contribution in [3.05, 3.63) is 47.8 Å². The normalized spacial score (nSPS) is 15.8. The number of hydrogen-bond acceptors (Lipinski definition) is 4. The summed E-state index contributed by atoms with van der Waals surface area (Å²) in [5.41, 5.74) is 1.49. The minimum absolute atomic E-state index is 0.170. The third-order valence-electron chi connectivity index (χ3n) is 5.17. The molecule has 1 atom stereocenters. The summed E-state index contributed by atoms with van der Waals surface area (Å²) < 4.78 is 32.1. The lowest BCUT2D eigenvalue weighted by atomic mass is 9.91. The number of carbonyl (C=O) groups excluding carboxylic acids is 1. The molecule has 7 heteroatoms. The number of aromatic nitrogens is 1. The van der Waals surface area contributed by atoms with Crippen molar-refractivity contribution < 1.29 is 23.4 Å². The molecule has 1 heterocycles. The van der Waals surface area contributed by atoms with E-state index in [0.717, 1.165) is 24.0 Å². The number of ether oxygens (including phenoxy) is 1. The average Bonchev–Trinajstić information content (AvgIpc) is 3.50. The van der Waals surface area contributed by atoms with Crippen molar-refractivity contribution in [2.75, 3.05) is 6.61 Å². The molecule has 1 amide bonds. The maximum atomic E-state index is 13.0. The third kappa shape index (κ3) is 5.68. The number of carboxylic acid groups (broad SMARTS) is 1. The van der Waals surface area contributed by atoms with Gasteiger partial charge in [-0.2, -0.15) is 0 Å². The fraction of sp³-hybridized carbons (Fsp3) is 0.478. The zero-order chi connectivity index (χ0) is 21.9. The highest BCUT2D eigenvalue weighted by Gasteiger charge is 2.30. The Bertz CT molecular complexity index is 900. The zero-order valence-corrected chi connectivity index (χ0v) is 17.5. The quantitative estimate of drug-likeness (QED) is 0.643. The van der Waals surface area contributed by atoms with Gasteiger partial charge in [-0.3, -0.25) is 4.98 Å². The smallest absolute Gasteiger partial charge is 0.280 e. The minimum Gasteiger partial charge on any atom is -0.530 e. The van der Waals surface area contributed by atoms with E-state index in [-0.39, 0.29) is 18.2 Å². The monoisotopic (exact) mass is 417 g/mol. The first-order chi connectivity index (χ1) is 14.2. The summed E-state index contributed by atoms with van der Waals surface area (Å²) in [6.45, 7) is 6.00.